The van der Waals surface area contributed by atoms with Gasteiger partial charge in [-0.1, -0.05) is 30.3 Å². The molecule has 4 heterocycles. The number of aliphatic hydroxyl groups is 1. The molecular weight excluding hydrogens is 394 g/mol. The molecule has 0 saturated heterocycles. The number of amides is 1. The maximum absolute atomic E-state index is 13.4. The first-order valence-electron chi connectivity index (χ1n) is 9.70. The molecule has 1 aliphatic heterocycles. The maximum Gasteiger partial charge on any atom is 0.290 e. The molecule has 1 amide bonds. The number of benzene rings is 1. The normalized spacial score (nSPS) is 16.3. The lowest BCUT2D eigenvalue weighted by molar-refractivity contribution is -0.130. The first kappa shape index (κ1) is 18.7. The standard InChI is InChI=1S/C24H17N3O4/c28-22(19-12-16-7-1-2-9-18(16)31-19)20-21(17-8-3-4-11-26-17)27(24(30)23(20)29)14-15-6-5-10-25-13-15/h1-13,21,29H,14H2. The Hall–Kier alpha value is -4.26. The number of aliphatic hydroxyl groups excluding tert-OH is 1. The van der Waals surface area contributed by atoms with E-state index in [1.165, 1.54) is 4.90 Å². The number of aromatic nitrogens is 2. The van der Waals surface area contributed by atoms with Gasteiger partial charge in [0.15, 0.2) is 11.5 Å². The van der Waals surface area contributed by atoms with Crippen molar-refractivity contribution in [2.45, 2.75) is 12.6 Å². The Morgan fingerprint density at radius 2 is 1.90 bits per heavy atom. The highest BCUT2D eigenvalue weighted by molar-refractivity contribution is 6.15. The van der Waals surface area contributed by atoms with E-state index in [2.05, 4.69) is 9.97 Å². The van der Waals surface area contributed by atoms with Crippen molar-refractivity contribution in [1.29, 1.82) is 0 Å². The molecule has 31 heavy (non-hydrogen) atoms. The van der Waals surface area contributed by atoms with Gasteiger partial charge in [-0.25, -0.2) is 0 Å². The summed E-state index contributed by atoms with van der Waals surface area (Å²) in [5, 5.41) is 11.5. The van der Waals surface area contributed by atoms with E-state index < -0.39 is 23.5 Å². The average Bonchev–Trinajstić information content (AvgIpc) is 3.35. The third-order valence-electron chi connectivity index (χ3n) is 5.24. The van der Waals surface area contributed by atoms with E-state index in [-0.39, 0.29) is 17.9 Å². The molecule has 0 saturated carbocycles. The molecule has 1 N–H and O–H groups in total. The summed E-state index contributed by atoms with van der Waals surface area (Å²) in [4.78, 5) is 36.3. The molecule has 1 aliphatic rings. The van der Waals surface area contributed by atoms with E-state index in [1.54, 1.807) is 55.0 Å². The van der Waals surface area contributed by atoms with Gasteiger partial charge < -0.3 is 14.4 Å². The lowest BCUT2D eigenvalue weighted by atomic mass is 9.98. The Labute approximate surface area is 177 Å². The third kappa shape index (κ3) is 3.26. The minimum atomic E-state index is -0.852. The number of hydrogen-bond donors (Lipinski definition) is 1. The third-order valence-corrected chi connectivity index (χ3v) is 5.24. The Bertz CT molecular complexity index is 1280. The van der Waals surface area contributed by atoms with E-state index >= 15 is 0 Å². The summed E-state index contributed by atoms with van der Waals surface area (Å²) >= 11 is 0. The van der Waals surface area contributed by atoms with Crippen LogP contribution >= 0.6 is 0 Å². The fraction of sp³-hybridized carbons (Fsp3) is 0.0833. The van der Waals surface area contributed by atoms with Gasteiger partial charge in [0.1, 0.15) is 11.6 Å². The van der Waals surface area contributed by atoms with Crippen molar-refractivity contribution in [2.75, 3.05) is 0 Å². The van der Waals surface area contributed by atoms with Gasteiger partial charge in [0.05, 0.1) is 11.3 Å². The number of ketones is 1. The molecule has 0 spiro atoms. The van der Waals surface area contributed by atoms with E-state index in [0.717, 1.165) is 10.9 Å². The molecular formula is C24H17N3O4. The second kappa shape index (κ2) is 7.53. The molecule has 1 atom stereocenters. The van der Waals surface area contributed by atoms with Gasteiger partial charge in [-0.2, -0.15) is 0 Å². The van der Waals surface area contributed by atoms with Gasteiger partial charge in [0.25, 0.3) is 5.91 Å². The summed E-state index contributed by atoms with van der Waals surface area (Å²) in [5.74, 6) is -1.73. The van der Waals surface area contributed by atoms with Crippen LogP contribution < -0.4 is 0 Å². The van der Waals surface area contributed by atoms with Crippen molar-refractivity contribution < 1.29 is 19.1 Å². The monoisotopic (exact) mass is 411 g/mol. The Morgan fingerprint density at radius 3 is 2.65 bits per heavy atom. The summed E-state index contributed by atoms with van der Waals surface area (Å²) < 4.78 is 5.71. The second-order valence-electron chi connectivity index (χ2n) is 7.19. The fourth-order valence-corrected chi connectivity index (χ4v) is 3.81. The van der Waals surface area contributed by atoms with Crippen LogP contribution in [0.4, 0.5) is 0 Å². The van der Waals surface area contributed by atoms with Crippen LogP contribution in [0.25, 0.3) is 11.0 Å². The second-order valence-corrected chi connectivity index (χ2v) is 7.19. The number of para-hydroxylation sites is 1. The summed E-state index contributed by atoms with van der Waals surface area (Å²) in [6, 6.07) is 16.8. The molecule has 0 fully saturated rings. The lowest BCUT2D eigenvalue weighted by Gasteiger charge is -2.25. The first-order chi connectivity index (χ1) is 15.1. The summed E-state index contributed by atoms with van der Waals surface area (Å²) in [6.07, 6.45) is 4.86. The highest BCUT2D eigenvalue weighted by atomic mass is 16.3. The number of Topliss-reactive ketones (excluding diaryl/α,β-unsaturated/α-hetero) is 1. The number of hydrogen-bond acceptors (Lipinski definition) is 6. The highest BCUT2D eigenvalue weighted by Crippen LogP contribution is 2.39. The van der Waals surface area contributed by atoms with E-state index in [4.69, 9.17) is 4.42 Å². The van der Waals surface area contributed by atoms with Crippen molar-refractivity contribution in [1.82, 2.24) is 14.9 Å². The minimum absolute atomic E-state index is 0.0494. The molecule has 1 aromatic carbocycles. The highest BCUT2D eigenvalue weighted by Gasteiger charge is 2.45. The van der Waals surface area contributed by atoms with Crippen LogP contribution in [-0.4, -0.2) is 31.7 Å². The number of carbonyl (C=O) groups excluding carboxylic acids is 2. The van der Waals surface area contributed by atoms with Crippen molar-refractivity contribution >= 4 is 22.7 Å². The SMILES string of the molecule is O=C(C1=C(O)C(=O)N(Cc2cccnc2)C1c1ccccn1)c1cc2ccccc2o1. The van der Waals surface area contributed by atoms with Crippen molar-refractivity contribution in [3.8, 4) is 0 Å². The van der Waals surface area contributed by atoms with Gasteiger partial charge in [-0.3, -0.25) is 19.6 Å². The molecule has 5 rings (SSSR count). The Balaban J connectivity index is 1.59. The molecule has 7 nitrogen and oxygen atoms in total. The molecule has 0 radical (unpaired) electrons. The van der Waals surface area contributed by atoms with Crippen LogP contribution in [0, 0.1) is 0 Å². The molecule has 152 valence electrons. The van der Waals surface area contributed by atoms with E-state index in [9.17, 15) is 14.7 Å². The molecule has 1 unspecified atom stereocenters. The van der Waals surface area contributed by atoms with Gasteiger partial charge in [-0.15, -0.1) is 0 Å². The number of carbonyl (C=O) groups is 2. The van der Waals surface area contributed by atoms with Crippen LogP contribution in [0.5, 0.6) is 0 Å². The van der Waals surface area contributed by atoms with Crippen molar-refractivity contribution in [3.05, 3.63) is 108 Å². The van der Waals surface area contributed by atoms with Crippen LogP contribution in [0.15, 0.2) is 95.0 Å². The molecule has 0 aliphatic carbocycles. The number of pyridine rings is 2. The van der Waals surface area contributed by atoms with Crippen molar-refractivity contribution in [3.63, 3.8) is 0 Å². The van der Waals surface area contributed by atoms with Gasteiger partial charge in [0, 0.05) is 30.5 Å². The number of fused-ring (bicyclic) bond motifs is 1. The van der Waals surface area contributed by atoms with E-state index in [0.29, 0.717) is 11.3 Å². The first-order valence-corrected chi connectivity index (χ1v) is 9.70. The van der Waals surface area contributed by atoms with Gasteiger partial charge >= 0.3 is 0 Å². The topological polar surface area (TPSA) is 96.5 Å². The zero-order chi connectivity index (χ0) is 21.4. The number of furan rings is 1. The molecule has 0 bridgehead atoms. The van der Waals surface area contributed by atoms with Gasteiger partial charge in [0.2, 0.25) is 5.78 Å². The zero-order valence-electron chi connectivity index (χ0n) is 16.3. The summed E-state index contributed by atoms with van der Waals surface area (Å²) in [6.45, 7) is 0.162. The minimum Gasteiger partial charge on any atom is -0.503 e. The Morgan fingerprint density at radius 1 is 1.06 bits per heavy atom. The largest absolute Gasteiger partial charge is 0.503 e. The van der Waals surface area contributed by atoms with Gasteiger partial charge in [-0.05, 0) is 35.9 Å². The van der Waals surface area contributed by atoms with Crippen LogP contribution in [-0.2, 0) is 11.3 Å². The van der Waals surface area contributed by atoms with Crippen LogP contribution in [0.1, 0.15) is 27.9 Å². The average molecular weight is 411 g/mol. The molecule has 4 aromatic rings. The predicted molar refractivity (Wildman–Crippen MR) is 112 cm³/mol. The zero-order valence-corrected chi connectivity index (χ0v) is 16.3. The fourth-order valence-electron chi connectivity index (χ4n) is 3.81. The predicted octanol–water partition coefficient (Wildman–Crippen LogP) is 4.00. The smallest absolute Gasteiger partial charge is 0.290 e. The quantitative estimate of drug-likeness (QED) is 0.499. The van der Waals surface area contributed by atoms with E-state index in [1.807, 2.05) is 24.3 Å². The summed E-state index contributed by atoms with van der Waals surface area (Å²) in [7, 11) is 0. The molecule has 7 heteroatoms. The van der Waals surface area contributed by atoms with Crippen molar-refractivity contribution in [2.24, 2.45) is 0 Å². The Kier molecular flexibility index (Phi) is 4.55. The lowest BCUT2D eigenvalue weighted by Crippen LogP contribution is -2.31. The number of nitrogens with zero attached hydrogens (tertiary/aromatic N) is 3. The summed E-state index contributed by atoms with van der Waals surface area (Å²) in [5.41, 5.74) is 1.74. The maximum atomic E-state index is 13.4. The number of rotatable bonds is 5. The van der Waals surface area contributed by atoms with Crippen LogP contribution in [0.3, 0.4) is 0 Å². The van der Waals surface area contributed by atoms with Crippen LogP contribution in [0.2, 0.25) is 0 Å². The molecule has 3 aromatic heterocycles.